The molecule has 146 valence electrons. The van der Waals surface area contributed by atoms with Crippen LogP contribution >= 0.6 is 0 Å². The predicted molar refractivity (Wildman–Crippen MR) is 105 cm³/mol. The minimum Gasteiger partial charge on any atom is -0.361 e. The molecule has 0 saturated carbocycles. The van der Waals surface area contributed by atoms with Gasteiger partial charge in [-0.1, -0.05) is 19.0 Å². The Hall–Kier alpha value is -2.83. The van der Waals surface area contributed by atoms with E-state index in [0.29, 0.717) is 29.2 Å². The number of urea groups is 1. The first kappa shape index (κ1) is 20.5. The standard InChI is InChI=1S/C20H28N4O3/c1-5-11-24(12-6-2)19(25)16-7-9-17(10-8-16)21-20(26)23(4)14-18-13-15(3)27-22-18/h7-10,13H,5-6,11-12,14H2,1-4H3,(H,21,26). The van der Waals surface area contributed by atoms with Crippen LogP contribution in [0.25, 0.3) is 0 Å². The van der Waals surface area contributed by atoms with E-state index in [-0.39, 0.29) is 11.9 Å². The summed E-state index contributed by atoms with van der Waals surface area (Å²) < 4.78 is 5.01. The first-order valence-electron chi connectivity index (χ1n) is 9.28. The lowest BCUT2D eigenvalue weighted by atomic mass is 10.1. The van der Waals surface area contributed by atoms with Gasteiger partial charge in [-0.25, -0.2) is 4.79 Å². The van der Waals surface area contributed by atoms with Crippen LogP contribution in [-0.4, -0.2) is 47.0 Å². The molecule has 0 aliphatic rings. The number of carbonyl (C=O) groups excluding carboxylic acids is 2. The summed E-state index contributed by atoms with van der Waals surface area (Å²) >= 11 is 0. The van der Waals surface area contributed by atoms with Crippen LogP contribution in [0, 0.1) is 6.92 Å². The molecule has 3 amide bonds. The Morgan fingerprint density at radius 3 is 2.26 bits per heavy atom. The van der Waals surface area contributed by atoms with Gasteiger partial charge in [-0.3, -0.25) is 4.79 Å². The Labute approximate surface area is 160 Å². The molecule has 7 nitrogen and oxygen atoms in total. The maximum atomic E-state index is 12.6. The van der Waals surface area contributed by atoms with E-state index in [4.69, 9.17) is 4.52 Å². The van der Waals surface area contributed by atoms with Gasteiger partial charge >= 0.3 is 6.03 Å². The van der Waals surface area contributed by atoms with Crippen molar-refractivity contribution in [3.63, 3.8) is 0 Å². The molecule has 7 heteroatoms. The SMILES string of the molecule is CCCN(CCC)C(=O)c1ccc(NC(=O)N(C)Cc2cc(C)on2)cc1. The molecule has 27 heavy (non-hydrogen) atoms. The molecule has 1 aromatic carbocycles. The van der Waals surface area contributed by atoms with E-state index in [1.807, 2.05) is 11.8 Å². The van der Waals surface area contributed by atoms with Crippen molar-refractivity contribution in [2.45, 2.75) is 40.2 Å². The lowest BCUT2D eigenvalue weighted by Gasteiger charge is -2.21. The molecule has 2 aromatic rings. The Balaban J connectivity index is 1.95. The molecule has 0 unspecified atom stereocenters. The van der Waals surface area contributed by atoms with Crippen molar-refractivity contribution in [3.05, 3.63) is 47.3 Å². The van der Waals surface area contributed by atoms with Crippen molar-refractivity contribution in [2.75, 3.05) is 25.5 Å². The first-order valence-corrected chi connectivity index (χ1v) is 9.28. The molecule has 0 fully saturated rings. The Kier molecular flexibility index (Phi) is 7.40. The summed E-state index contributed by atoms with van der Waals surface area (Å²) in [6.07, 6.45) is 1.86. The van der Waals surface area contributed by atoms with Gasteiger partial charge in [0.1, 0.15) is 11.5 Å². The molecule has 0 bridgehead atoms. The minimum absolute atomic E-state index is 0.0232. The van der Waals surface area contributed by atoms with Gasteiger partial charge in [0.05, 0.1) is 6.54 Å². The lowest BCUT2D eigenvalue weighted by Crippen LogP contribution is -2.32. The van der Waals surface area contributed by atoms with E-state index in [1.165, 1.54) is 4.90 Å². The molecule has 0 saturated heterocycles. The molecule has 1 N–H and O–H groups in total. The monoisotopic (exact) mass is 372 g/mol. The van der Waals surface area contributed by atoms with Crippen molar-refractivity contribution in [2.24, 2.45) is 0 Å². The normalized spacial score (nSPS) is 10.5. The van der Waals surface area contributed by atoms with Crippen molar-refractivity contribution in [1.29, 1.82) is 0 Å². The minimum atomic E-state index is -0.256. The summed E-state index contributed by atoms with van der Waals surface area (Å²) in [5, 5.41) is 6.70. The molecule has 2 rings (SSSR count). The second kappa shape index (κ2) is 9.75. The van der Waals surface area contributed by atoms with E-state index in [1.54, 1.807) is 37.4 Å². The van der Waals surface area contributed by atoms with E-state index in [9.17, 15) is 9.59 Å². The summed E-state index contributed by atoms with van der Waals surface area (Å²) in [5.74, 6) is 0.731. The van der Waals surface area contributed by atoms with E-state index in [0.717, 1.165) is 25.9 Å². The van der Waals surface area contributed by atoms with Crippen LogP contribution in [0.3, 0.4) is 0 Å². The van der Waals surface area contributed by atoms with E-state index < -0.39 is 0 Å². The maximum absolute atomic E-state index is 12.6. The quantitative estimate of drug-likeness (QED) is 0.762. The topological polar surface area (TPSA) is 78.7 Å². The highest BCUT2D eigenvalue weighted by Gasteiger charge is 2.15. The van der Waals surface area contributed by atoms with Gasteiger partial charge in [-0.2, -0.15) is 0 Å². The van der Waals surface area contributed by atoms with Gasteiger partial charge in [-0.05, 0) is 44.0 Å². The van der Waals surface area contributed by atoms with Crippen molar-refractivity contribution >= 4 is 17.6 Å². The van der Waals surface area contributed by atoms with Crippen LogP contribution in [-0.2, 0) is 6.54 Å². The number of anilines is 1. The molecule has 0 radical (unpaired) electrons. The number of carbonyl (C=O) groups is 2. The third-order valence-electron chi connectivity index (χ3n) is 4.08. The van der Waals surface area contributed by atoms with Gasteiger partial charge in [-0.15, -0.1) is 0 Å². The van der Waals surface area contributed by atoms with Gasteiger partial charge in [0.25, 0.3) is 5.91 Å². The number of aromatic nitrogens is 1. The fraction of sp³-hybridized carbons (Fsp3) is 0.450. The van der Waals surface area contributed by atoms with Crippen LogP contribution in [0.15, 0.2) is 34.9 Å². The third-order valence-corrected chi connectivity index (χ3v) is 4.08. The number of hydrogen-bond acceptors (Lipinski definition) is 4. The highest BCUT2D eigenvalue weighted by molar-refractivity contribution is 5.95. The summed E-state index contributed by atoms with van der Waals surface area (Å²) in [6.45, 7) is 7.77. The predicted octanol–water partition coefficient (Wildman–Crippen LogP) is 3.91. The molecule has 0 aliphatic carbocycles. The summed E-state index contributed by atoms with van der Waals surface area (Å²) in [6, 6.07) is 8.52. The first-order chi connectivity index (χ1) is 12.9. The van der Waals surface area contributed by atoms with E-state index in [2.05, 4.69) is 24.3 Å². The number of nitrogens with one attached hydrogen (secondary N) is 1. The van der Waals surface area contributed by atoms with Gasteiger partial charge in [0.2, 0.25) is 0 Å². The summed E-state index contributed by atoms with van der Waals surface area (Å²) in [4.78, 5) is 28.3. The number of benzene rings is 1. The zero-order valence-corrected chi connectivity index (χ0v) is 16.5. The summed E-state index contributed by atoms with van der Waals surface area (Å²) in [5.41, 5.74) is 1.96. The number of hydrogen-bond donors (Lipinski definition) is 1. The van der Waals surface area contributed by atoms with Crippen LogP contribution in [0.2, 0.25) is 0 Å². The fourth-order valence-corrected chi connectivity index (χ4v) is 2.76. The number of amides is 3. The van der Waals surface area contributed by atoms with Gasteiger partial charge in [0.15, 0.2) is 0 Å². The Morgan fingerprint density at radius 1 is 1.11 bits per heavy atom. The molecular formula is C20H28N4O3. The molecule has 1 aromatic heterocycles. The largest absolute Gasteiger partial charge is 0.361 e. The zero-order valence-electron chi connectivity index (χ0n) is 16.5. The number of rotatable bonds is 8. The lowest BCUT2D eigenvalue weighted by molar-refractivity contribution is 0.0755. The smallest absolute Gasteiger partial charge is 0.321 e. The number of nitrogens with zero attached hydrogens (tertiary/aromatic N) is 3. The molecular weight excluding hydrogens is 344 g/mol. The second-order valence-electron chi connectivity index (χ2n) is 6.58. The Bertz CT molecular complexity index is 749. The van der Waals surface area contributed by atoms with Gasteiger partial charge in [0, 0.05) is 37.5 Å². The van der Waals surface area contributed by atoms with Crippen molar-refractivity contribution in [3.8, 4) is 0 Å². The van der Waals surface area contributed by atoms with Crippen LogP contribution in [0.1, 0.15) is 48.5 Å². The number of aryl methyl sites for hydroxylation is 1. The van der Waals surface area contributed by atoms with E-state index >= 15 is 0 Å². The fourth-order valence-electron chi connectivity index (χ4n) is 2.76. The summed E-state index contributed by atoms with van der Waals surface area (Å²) in [7, 11) is 1.69. The zero-order chi connectivity index (χ0) is 19.8. The molecule has 0 atom stereocenters. The molecule has 1 heterocycles. The van der Waals surface area contributed by atoms with Crippen molar-refractivity contribution in [1.82, 2.24) is 15.0 Å². The highest BCUT2D eigenvalue weighted by atomic mass is 16.5. The maximum Gasteiger partial charge on any atom is 0.321 e. The molecule has 0 spiro atoms. The van der Waals surface area contributed by atoms with Crippen LogP contribution < -0.4 is 5.32 Å². The van der Waals surface area contributed by atoms with Crippen LogP contribution in [0.4, 0.5) is 10.5 Å². The average Bonchev–Trinajstić information content (AvgIpc) is 3.06. The van der Waals surface area contributed by atoms with Gasteiger partial charge < -0.3 is 19.6 Å². The second-order valence-corrected chi connectivity index (χ2v) is 6.58. The van der Waals surface area contributed by atoms with Crippen molar-refractivity contribution < 1.29 is 14.1 Å². The van der Waals surface area contributed by atoms with Crippen LogP contribution in [0.5, 0.6) is 0 Å². The average molecular weight is 372 g/mol. The molecule has 0 aliphatic heterocycles. The highest BCUT2D eigenvalue weighted by Crippen LogP contribution is 2.14. The Morgan fingerprint density at radius 2 is 1.74 bits per heavy atom. The third kappa shape index (κ3) is 5.84.